The van der Waals surface area contributed by atoms with Crippen molar-refractivity contribution in [3.05, 3.63) is 88.9 Å². The van der Waals surface area contributed by atoms with E-state index in [1.54, 1.807) is 37.4 Å². The van der Waals surface area contributed by atoms with Crippen molar-refractivity contribution in [3.63, 3.8) is 0 Å². The van der Waals surface area contributed by atoms with Crippen LogP contribution in [0.1, 0.15) is 16.1 Å². The number of aliphatic carboxylic acids is 1. The molecule has 10 heteroatoms. The number of rotatable bonds is 9. The molecular formula is C28H22F3NO5S. The molecule has 3 aromatic carbocycles. The Bertz CT molecular complexity index is 1450. The van der Waals surface area contributed by atoms with Gasteiger partial charge in [-0.3, -0.25) is 0 Å². The Balaban J connectivity index is 1.65. The van der Waals surface area contributed by atoms with Gasteiger partial charge >= 0.3 is 12.1 Å². The van der Waals surface area contributed by atoms with E-state index in [1.165, 1.54) is 36.7 Å². The molecule has 196 valence electrons. The summed E-state index contributed by atoms with van der Waals surface area (Å²) in [7, 11) is 3.03. The summed E-state index contributed by atoms with van der Waals surface area (Å²) in [6.45, 7) is 0.0785. The van der Waals surface area contributed by atoms with Crippen molar-refractivity contribution in [2.45, 2.75) is 12.8 Å². The Kier molecular flexibility index (Phi) is 8.02. The van der Waals surface area contributed by atoms with E-state index in [1.807, 2.05) is 12.1 Å². The lowest BCUT2D eigenvalue weighted by atomic mass is 10.1. The molecule has 0 radical (unpaired) electrons. The molecule has 0 bridgehead atoms. The summed E-state index contributed by atoms with van der Waals surface area (Å²) in [5.74, 6) is 0.437. The highest BCUT2D eigenvalue weighted by Gasteiger charge is 2.30. The topological polar surface area (TPSA) is 77.9 Å². The summed E-state index contributed by atoms with van der Waals surface area (Å²) in [5.41, 5.74) is 1.87. The van der Waals surface area contributed by atoms with E-state index in [0.717, 1.165) is 23.8 Å². The van der Waals surface area contributed by atoms with Gasteiger partial charge in [-0.2, -0.15) is 13.2 Å². The third kappa shape index (κ3) is 6.33. The second-order valence-electron chi connectivity index (χ2n) is 7.96. The van der Waals surface area contributed by atoms with Crippen LogP contribution in [-0.2, 0) is 17.6 Å². The second kappa shape index (κ2) is 11.4. The lowest BCUT2D eigenvalue weighted by Gasteiger charge is -2.10. The highest BCUT2D eigenvalue weighted by molar-refractivity contribution is 7.15. The number of methoxy groups -OCH3 is 2. The fourth-order valence-corrected chi connectivity index (χ4v) is 4.60. The number of benzene rings is 3. The van der Waals surface area contributed by atoms with Gasteiger partial charge in [0.25, 0.3) is 0 Å². The molecule has 0 aliphatic rings. The number of halogens is 3. The molecule has 1 N–H and O–H groups in total. The second-order valence-corrected chi connectivity index (χ2v) is 9.04. The van der Waals surface area contributed by atoms with Crippen molar-refractivity contribution < 1.29 is 37.3 Å². The van der Waals surface area contributed by atoms with Crippen LogP contribution in [0.4, 0.5) is 13.2 Å². The molecule has 38 heavy (non-hydrogen) atoms. The van der Waals surface area contributed by atoms with Crippen LogP contribution in [-0.4, -0.2) is 30.3 Å². The van der Waals surface area contributed by atoms with Crippen LogP contribution in [0.2, 0.25) is 0 Å². The van der Waals surface area contributed by atoms with Crippen LogP contribution < -0.4 is 14.2 Å². The van der Waals surface area contributed by atoms with Crippen molar-refractivity contribution in [1.82, 2.24) is 4.98 Å². The van der Waals surface area contributed by atoms with Crippen LogP contribution in [0, 0.1) is 0 Å². The zero-order valence-electron chi connectivity index (χ0n) is 20.3. The fourth-order valence-electron chi connectivity index (χ4n) is 3.59. The van der Waals surface area contributed by atoms with E-state index in [4.69, 9.17) is 24.3 Å². The first-order chi connectivity index (χ1) is 18.2. The normalized spacial score (nSPS) is 11.5. The van der Waals surface area contributed by atoms with Crippen molar-refractivity contribution in [2.75, 3.05) is 14.2 Å². The molecule has 0 unspecified atom stereocenters. The first kappa shape index (κ1) is 26.7. The van der Waals surface area contributed by atoms with Crippen LogP contribution >= 0.6 is 11.3 Å². The summed E-state index contributed by atoms with van der Waals surface area (Å²) in [6, 6.07) is 17.2. The van der Waals surface area contributed by atoms with Gasteiger partial charge in [-0.15, -0.1) is 11.3 Å². The highest BCUT2D eigenvalue weighted by Crippen LogP contribution is 2.39. The molecule has 0 saturated carbocycles. The van der Waals surface area contributed by atoms with Crippen LogP contribution in [0.25, 0.3) is 27.8 Å². The van der Waals surface area contributed by atoms with Crippen molar-refractivity contribution >= 4 is 23.4 Å². The Morgan fingerprint density at radius 2 is 1.63 bits per heavy atom. The number of hydrogen-bond donors (Lipinski definition) is 1. The lowest BCUT2D eigenvalue weighted by Crippen LogP contribution is -2.03. The molecule has 0 aliphatic heterocycles. The predicted molar refractivity (Wildman–Crippen MR) is 139 cm³/mol. The van der Waals surface area contributed by atoms with Crippen molar-refractivity contribution in [3.8, 4) is 38.9 Å². The van der Waals surface area contributed by atoms with E-state index < -0.39 is 17.7 Å². The smallest absolute Gasteiger partial charge is 0.416 e. The van der Waals surface area contributed by atoms with Gasteiger partial charge in [0.05, 0.1) is 30.4 Å². The minimum absolute atomic E-state index is 0.0785. The number of nitrogens with zero attached hydrogens (tertiary/aromatic N) is 1. The Labute approximate surface area is 220 Å². The molecule has 0 atom stereocenters. The molecule has 6 nitrogen and oxygen atoms in total. The molecule has 4 aromatic rings. The minimum Gasteiger partial charge on any atom is -0.497 e. The minimum atomic E-state index is -4.43. The van der Waals surface area contributed by atoms with Gasteiger partial charge in [0.15, 0.2) is 11.5 Å². The highest BCUT2D eigenvalue weighted by atomic mass is 32.1. The third-order valence-electron chi connectivity index (χ3n) is 5.47. The summed E-state index contributed by atoms with van der Waals surface area (Å²) < 4.78 is 55.8. The van der Waals surface area contributed by atoms with Crippen LogP contribution in [0.5, 0.6) is 17.2 Å². The maximum Gasteiger partial charge on any atom is 0.416 e. The number of carbonyl (C=O) groups is 1. The number of ether oxygens (including phenoxy) is 3. The summed E-state index contributed by atoms with van der Waals surface area (Å²) in [6.07, 6.45) is -1.97. The first-order valence-corrected chi connectivity index (χ1v) is 12.0. The molecule has 0 aliphatic carbocycles. The van der Waals surface area contributed by atoms with Crippen molar-refractivity contribution in [1.29, 1.82) is 0 Å². The number of hydrogen-bond acceptors (Lipinski definition) is 6. The largest absolute Gasteiger partial charge is 0.497 e. The maximum absolute atomic E-state index is 13.1. The fraction of sp³-hybridized carbons (Fsp3) is 0.143. The van der Waals surface area contributed by atoms with Gasteiger partial charge in [0, 0.05) is 11.6 Å². The van der Waals surface area contributed by atoms with Gasteiger partial charge < -0.3 is 19.3 Å². The van der Waals surface area contributed by atoms with Gasteiger partial charge in [-0.1, -0.05) is 18.2 Å². The summed E-state index contributed by atoms with van der Waals surface area (Å²) in [5, 5.41) is 9.43. The SMILES string of the molecule is COc1ccc(-c2nc(COc3ccc(/C=C/C(=O)O)cc3OC)sc2-c2ccc(C(F)(F)F)cc2)cc1. The summed E-state index contributed by atoms with van der Waals surface area (Å²) in [4.78, 5) is 16.2. The van der Waals surface area contributed by atoms with Crippen LogP contribution in [0.15, 0.2) is 72.8 Å². The van der Waals surface area contributed by atoms with E-state index in [0.29, 0.717) is 44.0 Å². The van der Waals surface area contributed by atoms with Crippen LogP contribution in [0.3, 0.4) is 0 Å². The Morgan fingerprint density at radius 1 is 0.947 bits per heavy atom. The van der Waals surface area contributed by atoms with E-state index in [-0.39, 0.29) is 6.61 Å². The molecule has 0 amide bonds. The Hall–Kier alpha value is -4.31. The Morgan fingerprint density at radius 3 is 2.24 bits per heavy atom. The van der Waals surface area contributed by atoms with Gasteiger partial charge in [-0.25, -0.2) is 9.78 Å². The van der Waals surface area contributed by atoms with E-state index >= 15 is 0 Å². The molecule has 0 saturated heterocycles. The number of thiazole rings is 1. The number of alkyl halides is 3. The summed E-state index contributed by atoms with van der Waals surface area (Å²) >= 11 is 1.31. The average Bonchev–Trinajstić information content (AvgIpc) is 3.34. The van der Waals surface area contributed by atoms with Gasteiger partial charge in [0.1, 0.15) is 17.4 Å². The number of carboxylic acid groups (broad SMARTS) is 1. The zero-order chi connectivity index (χ0) is 27.3. The zero-order valence-corrected chi connectivity index (χ0v) is 21.1. The lowest BCUT2D eigenvalue weighted by molar-refractivity contribution is -0.137. The molecule has 0 spiro atoms. The molecule has 4 rings (SSSR count). The molecule has 1 heterocycles. The number of aromatic nitrogens is 1. The first-order valence-electron chi connectivity index (χ1n) is 11.2. The van der Waals surface area contributed by atoms with E-state index in [9.17, 15) is 18.0 Å². The third-order valence-corrected chi connectivity index (χ3v) is 6.54. The monoisotopic (exact) mass is 541 g/mol. The number of carboxylic acids is 1. The van der Waals surface area contributed by atoms with Gasteiger partial charge in [0.2, 0.25) is 0 Å². The standard InChI is InChI=1S/C28H22F3NO5S/c1-35-21-11-7-18(8-12-21)26-27(19-5-9-20(10-6-19)28(29,30)31)38-24(32-26)16-37-22-13-3-17(4-14-25(33)34)15-23(22)36-2/h3-15H,16H2,1-2H3,(H,33,34)/b14-4+. The molecule has 1 aromatic heterocycles. The predicted octanol–water partition coefficient (Wildman–Crippen LogP) is 7.19. The quantitative estimate of drug-likeness (QED) is 0.226. The van der Waals surface area contributed by atoms with Gasteiger partial charge in [-0.05, 0) is 65.7 Å². The molecular weight excluding hydrogens is 519 g/mol. The molecule has 0 fully saturated rings. The van der Waals surface area contributed by atoms with Crippen molar-refractivity contribution in [2.24, 2.45) is 0 Å². The average molecular weight is 542 g/mol. The maximum atomic E-state index is 13.1. The van der Waals surface area contributed by atoms with E-state index in [2.05, 4.69) is 0 Å².